The fourth-order valence-corrected chi connectivity index (χ4v) is 4.59. The Bertz CT molecular complexity index is 876. The van der Waals surface area contributed by atoms with Crippen molar-refractivity contribution in [2.45, 2.75) is 57.7 Å². The molecule has 4 rings (SSSR count). The molecule has 1 aromatic heterocycles. The molecule has 25 heavy (non-hydrogen) atoms. The van der Waals surface area contributed by atoms with Crippen LogP contribution in [0.25, 0.3) is 21.8 Å². The van der Waals surface area contributed by atoms with E-state index in [2.05, 4.69) is 54.0 Å². The second-order valence-corrected chi connectivity index (χ2v) is 7.45. The van der Waals surface area contributed by atoms with Crippen molar-refractivity contribution < 1.29 is 5.11 Å². The van der Waals surface area contributed by atoms with Crippen molar-refractivity contribution in [2.75, 3.05) is 0 Å². The smallest absolute Gasteiger partial charge is 0.0760 e. The zero-order valence-electron chi connectivity index (χ0n) is 15.0. The molecule has 1 aliphatic rings. The molecular formula is C22H28N2O. The number of para-hydroxylation sites is 1. The maximum Gasteiger partial charge on any atom is 0.0760 e. The van der Waals surface area contributed by atoms with Crippen LogP contribution in [0.4, 0.5) is 0 Å². The number of aryl methyl sites for hydroxylation is 1. The van der Waals surface area contributed by atoms with Gasteiger partial charge in [-0.1, -0.05) is 43.5 Å². The molecule has 0 spiro atoms. The van der Waals surface area contributed by atoms with E-state index in [0.29, 0.717) is 5.92 Å². The van der Waals surface area contributed by atoms with Gasteiger partial charge >= 0.3 is 0 Å². The maximum atomic E-state index is 10.8. The van der Waals surface area contributed by atoms with Gasteiger partial charge in [0.05, 0.1) is 12.1 Å². The lowest BCUT2D eigenvalue weighted by Crippen LogP contribution is -2.34. The van der Waals surface area contributed by atoms with E-state index in [0.717, 1.165) is 24.9 Å². The summed E-state index contributed by atoms with van der Waals surface area (Å²) in [6.45, 7) is 3.12. The third-order valence-corrected chi connectivity index (χ3v) is 6.00. The van der Waals surface area contributed by atoms with E-state index in [4.69, 9.17) is 5.73 Å². The lowest BCUT2D eigenvalue weighted by molar-refractivity contribution is 0.0618. The number of nitrogens with zero attached hydrogens (tertiary/aromatic N) is 1. The Hall–Kier alpha value is -1.84. The highest BCUT2D eigenvalue weighted by Gasteiger charge is 2.28. The number of aromatic nitrogens is 1. The second kappa shape index (κ2) is 6.81. The molecule has 0 radical (unpaired) electrons. The van der Waals surface area contributed by atoms with Gasteiger partial charge in [0, 0.05) is 28.4 Å². The number of hydrogen-bond acceptors (Lipinski definition) is 2. The molecule has 3 nitrogen and oxygen atoms in total. The molecule has 132 valence electrons. The summed E-state index contributed by atoms with van der Waals surface area (Å²) in [5, 5.41) is 13.3. The Morgan fingerprint density at radius 1 is 1.04 bits per heavy atom. The summed E-state index contributed by atoms with van der Waals surface area (Å²) in [5.41, 5.74) is 10.0. The molecule has 1 heterocycles. The van der Waals surface area contributed by atoms with Crippen LogP contribution in [0.15, 0.2) is 42.5 Å². The van der Waals surface area contributed by atoms with Gasteiger partial charge in [0.1, 0.15) is 0 Å². The lowest BCUT2D eigenvalue weighted by Gasteiger charge is -2.30. The van der Waals surface area contributed by atoms with E-state index < -0.39 is 6.10 Å². The monoisotopic (exact) mass is 336 g/mol. The molecule has 1 fully saturated rings. The molecule has 0 amide bonds. The summed E-state index contributed by atoms with van der Waals surface area (Å²) in [5.74, 6) is 0.344. The van der Waals surface area contributed by atoms with Gasteiger partial charge in [0.25, 0.3) is 0 Å². The molecule has 3 aromatic rings. The Morgan fingerprint density at radius 3 is 2.52 bits per heavy atom. The van der Waals surface area contributed by atoms with Crippen molar-refractivity contribution in [1.82, 2.24) is 4.57 Å². The molecule has 2 aromatic carbocycles. The van der Waals surface area contributed by atoms with Crippen LogP contribution in [0.2, 0.25) is 0 Å². The molecule has 0 unspecified atom stereocenters. The summed E-state index contributed by atoms with van der Waals surface area (Å²) in [4.78, 5) is 0. The van der Waals surface area contributed by atoms with Crippen molar-refractivity contribution >= 4 is 21.8 Å². The van der Waals surface area contributed by atoms with Crippen LogP contribution in [0, 0.1) is 5.92 Å². The van der Waals surface area contributed by atoms with Gasteiger partial charge in [0.2, 0.25) is 0 Å². The minimum absolute atomic E-state index is 0.309. The predicted molar refractivity (Wildman–Crippen MR) is 105 cm³/mol. The van der Waals surface area contributed by atoms with Crippen LogP contribution in [0.1, 0.15) is 50.6 Å². The summed E-state index contributed by atoms with van der Waals surface area (Å²) < 4.78 is 2.34. The van der Waals surface area contributed by atoms with Crippen LogP contribution in [-0.2, 0) is 6.54 Å². The number of aliphatic hydroxyl groups excluding tert-OH is 1. The van der Waals surface area contributed by atoms with Gasteiger partial charge in [-0.3, -0.25) is 0 Å². The van der Waals surface area contributed by atoms with Crippen molar-refractivity contribution in [1.29, 1.82) is 0 Å². The van der Waals surface area contributed by atoms with Gasteiger partial charge in [-0.15, -0.1) is 0 Å². The topological polar surface area (TPSA) is 51.2 Å². The molecule has 3 heteroatoms. The van der Waals surface area contributed by atoms with Gasteiger partial charge in [0.15, 0.2) is 0 Å². The maximum absolute atomic E-state index is 10.8. The van der Waals surface area contributed by atoms with Gasteiger partial charge in [-0.05, 0) is 49.4 Å². The van der Waals surface area contributed by atoms with E-state index in [1.54, 1.807) is 0 Å². The van der Waals surface area contributed by atoms with Crippen LogP contribution in [-0.4, -0.2) is 15.8 Å². The SMILES string of the molecule is CCn1c2ccccc2c2cc([C@@H](N)[C@@H](O)C3CCCCC3)ccc21. The molecule has 0 saturated heterocycles. The first-order chi connectivity index (χ1) is 12.2. The summed E-state index contributed by atoms with van der Waals surface area (Å²) in [7, 11) is 0. The molecule has 1 saturated carbocycles. The quantitative estimate of drug-likeness (QED) is 0.722. The van der Waals surface area contributed by atoms with E-state index in [9.17, 15) is 5.11 Å². The predicted octanol–water partition coefficient (Wildman–Crippen LogP) is 4.76. The highest BCUT2D eigenvalue weighted by atomic mass is 16.3. The van der Waals surface area contributed by atoms with Crippen LogP contribution < -0.4 is 5.73 Å². The average Bonchev–Trinajstić information content (AvgIpc) is 3.00. The number of nitrogens with two attached hydrogens (primary N) is 1. The first-order valence-corrected chi connectivity index (χ1v) is 9.65. The summed E-state index contributed by atoms with van der Waals surface area (Å²) in [6.07, 6.45) is 5.49. The molecule has 1 aliphatic carbocycles. The molecule has 2 atom stereocenters. The highest BCUT2D eigenvalue weighted by Crippen LogP contribution is 2.34. The van der Waals surface area contributed by atoms with Gasteiger partial charge in [-0.25, -0.2) is 0 Å². The van der Waals surface area contributed by atoms with Gasteiger partial charge < -0.3 is 15.4 Å². The third kappa shape index (κ3) is 2.86. The normalized spacial score (nSPS) is 18.7. The van der Waals surface area contributed by atoms with Gasteiger partial charge in [-0.2, -0.15) is 0 Å². The first kappa shape index (κ1) is 16.6. The second-order valence-electron chi connectivity index (χ2n) is 7.45. The number of fused-ring (bicyclic) bond motifs is 3. The Morgan fingerprint density at radius 2 is 1.76 bits per heavy atom. The molecule has 3 N–H and O–H groups in total. The largest absolute Gasteiger partial charge is 0.391 e. The summed E-state index contributed by atoms with van der Waals surface area (Å²) >= 11 is 0. The van der Waals surface area contributed by atoms with Crippen molar-refractivity contribution in [3.05, 3.63) is 48.0 Å². The Kier molecular flexibility index (Phi) is 4.53. The third-order valence-electron chi connectivity index (χ3n) is 6.00. The van der Waals surface area contributed by atoms with Crippen molar-refractivity contribution in [3.63, 3.8) is 0 Å². The highest BCUT2D eigenvalue weighted by molar-refractivity contribution is 6.08. The van der Waals surface area contributed by atoms with E-state index >= 15 is 0 Å². The van der Waals surface area contributed by atoms with E-state index in [1.807, 2.05) is 0 Å². The Labute approximate surface area is 149 Å². The van der Waals surface area contributed by atoms with E-state index in [1.165, 1.54) is 41.1 Å². The minimum Gasteiger partial charge on any atom is -0.391 e. The standard InChI is InChI=1S/C22H28N2O/c1-2-24-19-11-7-6-10-17(19)18-14-16(12-13-20(18)24)21(23)22(25)15-8-4-3-5-9-15/h6-7,10-15,21-22,25H,2-5,8-9,23H2,1H3/t21-,22+/m1/s1. The average molecular weight is 336 g/mol. The van der Waals surface area contributed by atoms with Crippen LogP contribution in [0.3, 0.4) is 0 Å². The number of aliphatic hydroxyl groups is 1. The fraction of sp³-hybridized carbons (Fsp3) is 0.455. The number of benzene rings is 2. The fourth-order valence-electron chi connectivity index (χ4n) is 4.59. The van der Waals surface area contributed by atoms with E-state index in [-0.39, 0.29) is 6.04 Å². The molecule has 0 bridgehead atoms. The lowest BCUT2D eigenvalue weighted by atomic mass is 9.81. The zero-order chi connectivity index (χ0) is 17.4. The molecule has 0 aliphatic heterocycles. The van der Waals surface area contributed by atoms with Crippen molar-refractivity contribution in [2.24, 2.45) is 11.7 Å². The van der Waals surface area contributed by atoms with Crippen LogP contribution >= 0.6 is 0 Å². The minimum atomic E-state index is -0.447. The zero-order valence-corrected chi connectivity index (χ0v) is 15.0. The molecular weight excluding hydrogens is 308 g/mol. The first-order valence-electron chi connectivity index (χ1n) is 9.65. The number of hydrogen-bond donors (Lipinski definition) is 2. The Balaban J connectivity index is 1.74. The van der Waals surface area contributed by atoms with Crippen LogP contribution in [0.5, 0.6) is 0 Å². The van der Waals surface area contributed by atoms with Crippen molar-refractivity contribution in [3.8, 4) is 0 Å². The summed E-state index contributed by atoms with van der Waals surface area (Å²) in [6, 6.07) is 14.7. The number of rotatable bonds is 4.